The van der Waals surface area contributed by atoms with Gasteiger partial charge in [-0.2, -0.15) is 0 Å². The Morgan fingerprint density at radius 3 is 2.52 bits per heavy atom. The molecule has 1 saturated heterocycles. The summed E-state index contributed by atoms with van der Waals surface area (Å²) in [5.41, 5.74) is 5.27. The van der Waals surface area contributed by atoms with Crippen molar-refractivity contribution in [3.63, 3.8) is 0 Å². The first-order chi connectivity index (χ1) is 9.89. The minimum Gasteiger partial charge on any atom is -0.381 e. The molecular formula is C13H19N3O4S. The Labute approximate surface area is 123 Å². The highest BCUT2D eigenvalue weighted by Gasteiger charge is 2.36. The molecule has 0 atom stereocenters. The zero-order valence-electron chi connectivity index (χ0n) is 11.8. The third-order valence-corrected chi connectivity index (χ3v) is 5.00. The molecule has 1 heterocycles. The van der Waals surface area contributed by atoms with E-state index < -0.39 is 21.5 Å². The Morgan fingerprint density at radius 1 is 1.29 bits per heavy atom. The van der Waals surface area contributed by atoms with Gasteiger partial charge in [0, 0.05) is 13.2 Å². The van der Waals surface area contributed by atoms with Crippen molar-refractivity contribution in [2.75, 3.05) is 25.6 Å². The normalized spacial score (nSPS) is 18.2. The maximum Gasteiger partial charge on any atom is 0.244 e. The topological polar surface area (TPSA) is 111 Å². The third-order valence-electron chi connectivity index (χ3n) is 3.53. The molecule has 1 aliphatic rings. The zero-order valence-corrected chi connectivity index (χ0v) is 12.6. The molecule has 0 aliphatic carbocycles. The molecule has 0 aromatic heterocycles. The fourth-order valence-corrected chi connectivity index (χ4v) is 3.01. The second kappa shape index (κ2) is 6.10. The van der Waals surface area contributed by atoms with Crippen LogP contribution in [0.2, 0.25) is 0 Å². The molecule has 0 bridgehead atoms. The zero-order chi connectivity index (χ0) is 15.5. The van der Waals surface area contributed by atoms with Crippen molar-refractivity contribution >= 4 is 21.6 Å². The summed E-state index contributed by atoms with van der Waals surface area (Å²) < 4.78 is 31.3. The van der Waals surface area contributed by atoms with Crippen LogP contribution in [0.4, 0.5) is 5.69 Å². The molecule has 4 N–H and O–H groups in total. The van der Waals surface area contributed by atoms with Crippen LogP contribution in [0, 0.1) is 0 Å². The van der Waals surface area contributed by atoms with E-state index in [4.69, 9.17) is 10.5 Å². The molecule has 0 saturated carbocycles. The number of hydrogen-bond donors (Lipinski definition) is 3. The summed E-state index contributed by atoms with van der Waals surface area (Å²) in [4.78, 5) is 12.4. The summed E-state index contributed by atoms with van der Waals surface area (Å²) in [6, 6.07) is 6.20. The summed E-state index contributed by atoms with van der Waals surface area (Å²) in [7, 11) is -2.34. The molecule has 1 aromatic rings. The van der Waals surface area contributed by atoms with Crippen LogP contribution in [-0.2, 0) is 19.6 Å². The first kappa shape index (κ1) is 15.9. The van der Waals surface area contributed by atoms with Crippen molar-refractivity contribution in [2.24, 2.45) is 5.73 Å². The van der Waals surface area contributed by atoms with Crippen molar-refractivity contribution in [2.45, 2.75) is 23.3 Å². The van der Waals surface area contributed by atoms with Crippen LogP contribution in [0.25, 0.3) is 0 Å². The second-order valence-electron chi connectivity index (χ2n) is 4.93. The van der Waals surface area contributed by atoms with Crippen molar-refractivity contribution in [3.05, 3.63) is 24.3 Å². The molecule has 8 heteroatoms. The predicted octanol–water partition coefficient (Wildman–Crippen LogP) is 0.0411. The van der Waals surface area contributed by atoms with Gasteiger partial charge in [0.25, 0.3) is 0 Å². The van der Waals surface area contributed by atoms with E-state index in [1.165, 1.54) is 19.2 Å². The minimum atomic E-state index is -3.66. The van der Waals surface area contributed by atoms with Crippen LogP contribution >= 0.6 is 0 Å². The molecule has 1 aliphatic heterocycles. The Kier molecular flexibility index (Phi) is 4.62. The maximum absolute atomic E-state index is 12.3. The number of carbonyl (C=O) groups is 1. The number of carbonyl (C=O) groups excluding carboxylic acids is 1. The molecule has 7 nitrogen and oxygen atoms in total. The average Bonchev–Trinajstić information content (AvgIpc) is 2.48. The van der Waals surface area contributed by atoms with Crippen LogP contribution in [0.1, 0.15) is 12.8 Å². The average molecular weight is 313 g/mol. The predicted molar refractivity (Wildman–Crippen MR) is 78.3 cm³/mol. The number of nitrogens with one attached hydrogen (secondary N) is 2. The highest BCUT2D eigenvalue weighted by molar-refractivity contribution is 7.89. The highest BCUT2D eigenvalue weighted by atomic mass is 32.2. The fraction of sp³-hybridized carbons (Fsp3) is 0.462. The number of benzene rings is 1. The standard InChI is InChI=1S/C13H19N3O4S/c1-15-21(18,19)11-5-3-2-4-10(11)16-12(17)13(14)6-8-20-9-7-13/h2-5,15H,6-9,14H2,1H3,(H,16,17). The number of hydrogen-bond acceptors (Lipinski definition) is 5. The third kappa shape index (κ3) is 3.41. The molecule has 1 amide bonds. The maximum atomic E-state index is 12.3. The van der Waals surface area contributed by atoms with Gasteiger partial charge in [0.1, 0.15) is 10.4 Å². The largest absolute Gasteiger partial charge is 0.381 e. The van der Waals surface area contributed by atoms with E-state index >= 15 is 0 Å². The van der Waals surface area contributed by atoms with Crippen LogP contribution in [0.5, 0.6) is 0 Å². The summed E-state index contributed by atoms with van der Waals surface area (Å²) in [5.74, 6) is -0.399. The number of rotatable bonds is 4. The Hall–Kier alpha value is -1.48. The second-order valence-corrected chi connectivity index (χ2v) is 6.78. The lowest BCUT2D eigenvalue weighted by Gasteiger charge is -2.32. The number of sulfonamides is 1. The van der Waals surface area contributed by atoms with Crippen molar-refractivity contribution in [3.8, 4) is 0 Å². The lowest BCUT2D eigenvalue weighted by atomic mass is 9.90. The van der Waals surface area contributed by atoms with Crippen LogP contribution in [0.15, 0.2) is 29.2 Å². The number of anilines is 1. The van der Waals surface area contributed by atoms with Gasteiger partial charge in [0.2, 0.25) is 15.9 Å². The quantitative estimate of drug-likeness (QED) is 0.727. The smallest absolute Gasteiger partial charge is 0.244 e. The first-order valence-electron chi connectivity index (χ1n) is 6.60. The summed E-state index contributed by atoms with van der Waals surface area (Å²) in [6.07, 6.45) is 0.805. The van der Waals surface area contributed by atoms with E-state index in [2.05, 4.69) is 10.0 Å². The van der Waals surface area contributed by atoms with Crippen LogP contribution < -0.4 is 15.8 Å². The van der Waals surface area contributed by atoms with E-state index in [0.717, 1.165) is 0 Å². The lowest BCUT2D eigenvalue weighted by molar-refractivity contribution is -0.124. The number of para-hydroxylation sites is 1. The Morgan fingerprint density at radius 2 is 1.90 bits per heavy atom. The van der Waals surface area contributed by atoms with Gasteiger partial charge < -0.3 is 15.8 Å². The molecular weight excluding hydrogens is 294 g/mol. The van der Waals surface area contributed by atoms with Crippen molar-refractivity contribution < 1.29 is 17.9 Å². The molecule has 21 heavy (non-hydrogen) atoms. The molecule has 2 rings (SSSR count). The van der Waals surface area contributed by atoms with E-state index in [0.29, 0.717) is 26.1 Å². The van der Waals surface area contributed by atoms with E-state index in [1.54, 1.807) is 12.1 Å². The molecule has 0 unspecified atom stereocenters. The van der Waals surface area contributed by atoms with Gasteiger partial charge in [-0.25, -0.2) is 13.1 Å². The summed E-state index contributed by atoms with van der Waals surface area (Å²) in [5, 5.41) is 2.62. The molecule has 1 fully saturated rings. The van der Waals surface area contributed by atoms with Gasteiger partial charge in [-0.3, -0.25) is 4.79 Å². The highest BCUT2D eigenvalue weighted by Crippen LogP contribution is 2.24. The molecule has 0 radical (unpaired) electrons. The Balaban J connectivity index is 2.26. The number of amides is 1. The van der Waals surface area contributed by atoms with Gasteiger partial charge in [0.15, 0.2) is 0 Å². The first-order valence-corrected chi connectivity index (χ1v) is 8.08. The summed E-state index contributed by atoms with van der Waals surface area (Å²) >= 11 is 0. The van der Waals surface area contributed by atoms with E-state index in [-0.39, 0.29) is 10.6 Å². The van der Waals surface area contributed by atoms with Gasteiger partial charge in [-0.1, -0.05) is 12.1 Å². The SMILES string of the molecule is CNS(=O)(=O)c1ccccc1NC(=O)C1(N)CCOCC1. The van der Waals surface area contributed by atoms with Crippen molar-refractivity contribution in [1.82, 2.24) is 4.72 Å². The van der Waals surface area contributed by atoms with Crippen LogP contribution in [0.3, 0.4) is 0 Å². The van der Waals surface area contributed by atoms with Gasteiger partial charge in [-0.15, -0.1) is 0 Å². The van der Waals surface area contributed by atoms with E-state index in [9.17, 15) is 13.2 Å². The van der Waals surface area contributed by atoms with Gasteiger partial charge in [0.05, 0.1) is 5.69 Å². The van der Waals surface area contributed by atoms with Gasteiger partial charge in [-0.05, 0) is 32.0 Å². The fourth-order valence-electron chi connectivity index (χ4n) is 2.12. The molecule has 0 spiro atoms. The van der Waals surface area contributed by atoms with Gasteiger partial charge >= 0.3 is 0 Å². The summed E-state index contributed by atoms with van der Waals surface area (Å²) in [6.45, 7) is 0.834. The number of nitrogens with two attached hydrogens (primary N) is 1. The Bertz CT molecular complexity index is 624. The van der Waals surface area contributed by atoms with Crippen LogP contribution in [-0.4, -0.2) is 40.1 Å². The molecule has 1 aromatic carbocycles. The van der Waals surface area contributed by atoms with Crippen molar-refractivity contribution in [1.29, 1.82) is 0 Å². The molecule has 116 valence electrons. The monoisotopic (exact) mass is 313 g/mol. The van der Waals surface area contributed by atoms with E-state index in [1.807, 2.05) is 0 Å². The lowest BCUT2D eigenvalue weighted by Crippen LogP contribution is -2.54. The number of ether oxygens (including phenoxy) is 1. The minimum absolute atomic E-state index is 0.0107.